The van der Waals surface area contributed by atoms with Gasteiger partial charge in [-0.2, -0.15) is 0 Å². The molecular weight excluding hydrogens is 414 g/mol. The Morgan fingerprint density at radius 2 is 1.63 bits per heavy atom. The van der Waals surface area contributed by atoms with E-state index < -0.39 is 24.9 Å². The van der Waals surface area contributed by atoms with Crippen molar-refractivity contribution < 1.29 is 20.4 Å². The Kier molecular flexibility index (Phi) is 7.88. The number of aryl methyl sites for hydroxylation is 2. The normalized spacial score (nSPS) is 14.9. The summed E-state index contributed by atoms with van der Waals surface area (Å²) in [6.07, 6.45) is -4.28. The van der Waals surface area contributed by atoms with Gasteiger partial charge in [-0.25, -0.2) is 5.01 Å². The second kappa shape index (κ2) is 9.91. The first-order chi connectivity index (χ1) is 12.8. The van der Waals surface area contributed by atoms with Crippen molar-refractivity contribution in [3.63, 3.8) is 0 Å². The highest BCUT2D eigenvalue weighted by molar-refractivity contribution is 9.10. The van der Waals surface area contributed by atoms with Gasteiger partial charge in [-0.1, -0.05) is 27.2 Å². The Balaban J connectivity index is 2.27. The summed E-state index contributed by atoms with van der Waals surface area (Å²) in [6, 6.07) is 12.9. The summed E-state index contributed by atoms with van der Waals surface area (Å²) in [7, 11) is 0. The van der Waals surface area contributed by atoms with Crippen LogP contribution >= 0.6 is 15.9 Å². The lowest BCUT2D eigenvalue weighted by molar-refractivity contribution is -0.0732. The maximum Gasteiger partial charge on any atom is 0.110 e. The van der Waals surface area contributed by atoms with E-state index in [0.717, 1.165) is 15.6 Å². The Morgan fingerprint density at radius 1 is 0.963 bits per heavy atom. The van der Waals surface area contributed by atoms with Gasteiger partial charge in [0.25, 0.3) is 0 Å². The van der Waals surface area contributed by atoms with E-state index in [0.29, 0.717) is 11.4 Å². The van der Waals surface area contributed by atoms with Gasteiger partial charge in [-0.15, -0.1) is 5.11 Å². The number of aliphatic hydroxyl groups excluding tert-OH is 4. The molecule has 0 fully saturated rings. The predicted octanol–water partition coefficient (Wildman–Crippen LogP) is 2.65. The molecule has 0 saturated carbocycles. The highest BCUT2D eigenvalue weighted by atomic mass is 79.9. The van der Waals surface area contributed by atoms with Crippen LogP contribution < -0.4 is 5.01 Å². The summed E-state index contributed by atoms with van der Waals surface area (Å²) in [6.45, 7) is 3.19. The van der Waals surface area contributed by atoms with Crippen LogP contribution in [0.2, 0.25) is 0 Å². The zero-order valence-electron chi connectivity index (χ0n) is 15.2. The maximum absolute atomic E-state index is 10.2. The van der Waals surface area contributed by atoms with Crippen molar-refractivity contribution in [2.24, 2.45) is 10.3 Å². The van der Waals surface area contributed by atoms with Crippen molar-refractivity contribution in [1.29, 1.82) is 0 Å². The van der Waals surface area contributed by atoms with Crippen LogP contribution in [0.25, 0.3) is 0 Å². The molecule has 3 atom stereocenters. The summed E-state index contributed by atoms with van der Waals surface area (Å²) in [5, 5.41) is 48.5. The fourth-order valence-corrected chi connectivity index (χ4v) is 2.61. The first kappa shape index (κ1) is 21.5. The van der Waals surface area contributed by atoms with Crippen molar-refractivity contribution in [3.8, 4) is 0 Å². The molecule has 2 aromatic carbocycles. The quantitative estimate of drug-likeness (QED) is 0.374. The lowest BCUT2D eigenvalue weighted by Crippen LogP contribution is -2.44. The van der Waals surface area contributed by atoms with E-state index in [1.54, 1.807) is 12.1 Å². The number of hydrogen-bond donors (Lipinski definition) is 4. The number of benzene rings is 2. The number of halogens is 1. The van der Waals surface area contributed by atoms with Gasteiger partial charge in [0.05, 0.1) is 24.5 Å². The number of nitrogens with zero attached hydrogens (tertiary/aromatic N) is 3. The molecule has 0 aliphatic heterocycles. The van der Waals surface area contributed by atoms with E-state index in [2.05, 4.69) is 26.3 Å². The van der Waals surface area contributed by atoms with Crippen LogP contribution in [0.3, 0.4) is 0 Å². The van der Waals surface area contributed by atoms with Crippen molar-refractivity contribution >= 4 is 27.3 Å². The Hall–Kier alpha value is -1.84. The molecule has 0 aliphatic rings. The van der Waals surface area contributed by atoms with Crippen molar-refractivity contribution in [1.82, 2.24) is 0 Å². The lowest BCUT2D eigenvalue weighted by atomic mass is 10.1. The molecule has 0 bridgehead atoms. The second-order valence-electron chi connectivity index (χ2n) is 6.32. The largest absolute Gasteiger partial charge is 0.394 e. The predicted molar refractivity (Wildman–Crippen MR) is 107 cm³/mol. The minimum absolute atomic E-state index is 0.110. The minimum Gasteiger partial charge on any atom is -0.394 e. The number of aliphatic hydroxyl groups is 4. The molecule has 0 aliphatic carbocycles. The molecule has 2 aromatic rings. The summed E-state index contributed by atoms with van der Waals surface area (Å²) in [5.74, 6) is 0. The lowest BCUT2D eigenvalue weighted by Gasteiger charge is -2.26. The fourth-order valence-electron chi connectivity index (χ4n) is 2.34. The molecule has 2 rings (SSSR count). The number of anilines is 1. The molecule has 0 aromatic heterocycles. The first-order valence-corrected chi connectivity index (χ1v) is 9.28. The van der Waals surface area contributed by atoms with Gasteiger partial charge in [-0.05, 0) is 61.4 Å². The van der Waals surface area contributed by atoms with Crippen LogP contribution in [0.4, 0.5) is 11.4 Å². The van der Waals surface area contributed by atoms with Gasteiger partial charge >= 0.3 is 0 Å². The molecule has 146 valence electrons. The smallest absolute Gasteiger partial charge is 0.110 e. The molecule has 8 heteroatoms. The minimum atomic E-state index is -1.51. The highest BCUT2D eigenvalue weighted by Gasteiger charge is 2.26. The number of rotatable bonds is 8. The molecule has 0 amide bonds. The third kappa shape index (κ3) is 6.08. The molecule has 7 nitrogen and oxygen atoms in total. The van der Waals surface area contributed by atoms with E-state index in [1.807, 2.05) is 44.2 Å². The zero-order chi connectivity index (χ0) is 20.0. The van der Waals surface area contributed by atoms with E-state index in [4.69, 9.17) is 5.11 Å². The maximum atomic E-state index is 10.2. The van der Waals surface area contributed by atoms with Crippen LogP contribution in [0, 0.1) is 13.8 Å². The molecule has 27 heavy (non-hydrogen) atoms. The summed E-state index contributed by atoms with van der Waals surface area (Å²) < 4.78 is 0.920. The van der Waals surface area contributed by atoms with Gasteiger partial charge in [0, 0.05) is 4.47 Å². The van der Waals surface area contributed by atoms with Gasteiger partial charge in [0.1, 0.15) is 18.3 Å². The van der Waals surface area contributed by atoms with Crippen molar-refractivity contribution in [2.45, 2.75) is 32.2 Å². The van der Waals surface area contributed by atoms with Gasteiger partial charge < -0.3 is 20.4 Å². The van der Waals surface area contributed by atoms with E-state index in [-0.39, 0.29) is 6.54 Å². The topological polar surface area (TPSA) is 109 Å². The van der Waals surface area contributed by atoms with E-state index >= 15 is 0 Å². The second-order valence-corrected chi connectivity index (χ2v) is 7.24. The van der Waals surface area contributed by atoms with Gasteiger partial charge in [0.15, 0.2) is 0 Å². The standard InChI is InChI=1S/C19H24BrN3O4/c1-12-3-8-16(9-13(12)2)23(10-17(25)19(27)18(26)11-24)22-21-15-6-4-14(20)5-7-15/h3-9,17-19,24-27H,10-11H2,1-2H3/t17-,18+,19+/m1/s1. The van der Waals surface area contributed by atoms with Crippen LogP contribution in [0.15, 0.2) is 57.3 Å². The molecule has 0 heterocycles. The Bertz CT molecular complexity index is 770. The summed E-state index contributed by atoms with van der Waals surface area (Å²) in [5.41, 5.74) is 3.46. The Morgan fingerprint density at radius 3 is 2.22 bits per heavy atom. The van der Waals surface area contributed by atoms with Gasteiger partial charge in [0.2, 0.25) is 0 Å². The molecule has 4 N–H and O–H groups in total. The third-order valence-corrected chi connectivity index (χ3v) is 4.75. The monoisotopic (exact) mass is 437 g/mol. The SMILES string of the molecule is Cc1ccc(N(C[C@@H](O)[C@H](O)[C@@H](O)CO)N=Nc2ccc(Br)cc2)cc1C. The average Bonchev–Trinajstić information content (AvgIpc) is 2.67. The number of hydrogen-bond acceptors (Lipinski definition) is 6. The van der Waals surface area contributed by atoms with Gasteiger partial charge in [-0.3, -0.25) is 0 Å². The van der Waals surface area contributed by atoms with E-state index in [1.165, 1.54) is 5.01 Å². The average molecular weight is 438 g/mol. The summed E-state index contributed by atoms with van der Waals surface area (Å²) in [4.78, 5) is 0. The summed E-state index contributed by atoms with van der Waals surface area (Å²) >= 11 is 3.36. The first-order valence-electron chi connectivity index (χ1n) is 8.49. The van der Waals surface area contributed by atoms with Crippen LogP contribution in [0.1, 0.15) is 11.1 Å². The van der Waals surface area contributed by atoms with E-state index in [9.17, 15) is 15.3 Å². The third-order valence-electron chi connectivity index (χ3n) is 4.22. The van der Waals surface area contributed by atoms with Crippen molar-refractivity contribution in [2.75, 3.05) is 18.2 Å². The molecule has 0 radical (unpaired) electrons. The fraction of sp³-hybridized carbons (Fsp3) is 0.368. The van der Waals surface area contributed by atoms with Crippen LogP contribution in [-0.2, 0) is 0 Å². The molecule has 0 saturated heterocycles. The Labute approximate surface area is 166 Å². The molecular formula is C19H24BrN3O4. The molecule has 0 unspecified atom stereocenters. The van der Waals surface area contributed by atoms with Crippen LogP contribution in [-0.4, -0.2) is 51.9 Å². The highest BCUT2D eigenvalue weighted by Crippen LogP contribution is 2.23. The molecule has 0 spiro atoms. The van der Waals surface area contributed by atoms with Crippen LogP contribution in [0.5, 0.6) is 0 Å². The zero-order valence-corrected chi connectivity index (χ0v) is 16.8. The van der Waals surface area contributed by atoms with Crippen molar-refractivity contribution in [3.05, 3.63) is 58.1 Å².